The highest BCUT2D eigenvalue weighted by molar-refractivity contribution is 6.74. The molecule has 0 fully saturated rings. The number of carboxylic acid groups (broad SMARTS) is 1. The van der Waals surface area contributed by atoms with Crippen molar-refractivity contribution in [3.05, 3.63) is 0 Å². The number of carbonyl (C=O) groups is 1. The molecule has 2 atom stereocenters. The molecule has 1 N–H and O–H groups in total. The van der Waals surface area contributed by atoms with E-state index in [1.165, 1.54) is 6.42 Å². The van der Waals surface area contributed by atoms with Crippen molar-refractivity contribution in [1.82, 2.24) is 0 Å². The van der Waals surface area contributed by atoms with Crippen LogP contribution in [0.4, 0.5) is 0 Å². The van der Waals surface area contributed by atoms with Gasteiger partial charge < -0.3 is 14.0 Å². The summed E-state index contributed by atoms with van der Waals surface area (Å²) in [5.74, 6) is -0.0828. The highest BCUT2D eigenvalue weighted by Crippen LogP contribution is 2.40. The summed E-state index contributed by atoms with van der Waals surface area (Å²) in [7, 11) is -3.89. The molecule has 0 bridgehead atoms. The Balaban J connectivity index is 5.31. The maximum Gasteiger partial charge on any atom is 0.305 e. The predicted molar refractivity (Wildman–Crippen MR) is 134 cm³/mol. The SMILES string of the molecule is CC(C)CCC[C@H](CC[C@@H](CC(=O)O)O[Si](C)(C)C(C)(C)C)O[Si](C)(C)C(C)(C)C. The molecule has 0 aliphatic heterocycles. The van der Waals surface area contributed by atoms with Gasteiger partial charge in [0.15, 0.2) is 16.6 Å². The molecule has 0 saturated heterocycles. The van der Waals surface area contributed by atoms with E-state index in [0.29, 0.717) is 5.92 Å². The van der Waals surface area contributed by atoms with Crippen molar-refractivity contribution in [3.63, 3.8) is 0 Å². The zero-order valence-corrected chi connectivity index (χ0v) is 24.1. The molecule has 0 amide bonds. The van der Waals surface area contributed by atoms with Gasteiger partial charge in [0.2, 0.25) is 0 Å². The van der Waals surface area contributed by atoms with Crippen LogP contribution in [0.1, 0.15) is 93.9 Å². The Bertz CT molecular complexity index is 516. The summed E-state index contributed by atoms with van der Waals surface area (Å²) in [5.41, 5.74) is 0. The van der Waals surface area contributed by atoms with E-state index in [0.717, 1.165) is 25.7 Å². The molecular weight excluding hydrogens is 408 g/mol. The van der Waals surface area contributed by atoms with Crippen LogP contribution in [-0.2, 0) is 13.6 Å². The van der Waals surface area contributed by atoms with E-state index in [2.05, 4.69) is 81.6 Å². The molecule has 6 heteroatoms. The van der Waals surface area contributed by atoms with Crippen LogP contribution in [-0.4, -0.2) is 39.9 Å². The van der Waals surface area contributed by atoms with Crippen LogP contribution in [0.25, 0.3) is 0 Å². The van der Waals surface area contributed by atoms with Crippen molar-refractivity contribution >= 4 is 22.6 Å². The summed E-state index contributed by atoms with van der Waals surface area (Å²) >= 11 is 0. The number of rotatable bonds is 13. The third-order valence-electron chi connectivity index (χ3n) is 7.06. The number of carboxylic acids is 1. The minimum atomic E-state index is -2.02. The average Bonchev–Trinajstić information content (AvgIpc) is 2.48. The van der Waals surface area contributed by atoms with E-state index in [9.17, 15) is 9.90 Å². The molecule has 0 heterocycles. The summed E-state index contributed by atoms with van der Waals surface area (Å²) in [6.07, 6.45) is 5.05. The van der Waals surface area contributed by atoms with Crippen molar-refractivity contribution in [2.75, 3.05) is 0 Å². The maximum absolute atomic E-state index is 11.5. The van der Waals surface area contributed by atoms with Gasteiger partial charge in [-0.15, -0.1) is 0 Å². The lowest BCUT2D eigenvalue weighted by atomic mass is 10.0. The Morgan fingerprint density at radius 1 is 0.767 bits per heavy atom. The van der Waals surface area contributed by atoms with E-state index in [1.807, 2.05) is 0 Å². The first-order chi connectivity index (χ1) is 13.3. The van der Waals surface area contributed by atoms with Crippen molar-refractivity contribution in [1.29, 1.82) is 0 Å². The molecule has 0 unspecified atom stereocenters. The lowest BCUT2D eigenvalue weighted by Gasteiger charge is -2.41. The van der Waals surface area contributed by atoms with Crippen LogP contribution in [0.5, 0.6) is 0 Å². The van der Waals surface area contributed by atoms with Gasteiger partial charge in [0.25, 0.3) is 0 Å². The molecule has 0 rings (SSSR count). The summed E-state index contributed by atoms with van der Waals surface area (Å²) < 4.78 is 13.3. The molecule has 0 aromatic rings. The lowest BCUT2D eigenvalue weighted by molar-refractivity contribution is -0.139. The highest BCUT2D eigenvalue weighted by atomic mass is 28.4. The lowest BCUT2D eigenvalue weighted by Crippen LogP contribution is -2.45. The Labute approximate surface area is 189 Å². The van der Waals surface area contributed by atoms with Crippen LogP contribution in [0.3, 0.4) is 0 Å². The molecule has 0 aromatic heterocycles. The van der Waals surface area contributed by atoms with Gasteiger partial charge in [-0.1, -0.05) is 68.2 Å². The van der Waals surface area contributed by atoms with Crippen LogP contribution in [0.2, 0.25) is 36.3 Å². The minimum absolute atomic E-state index is 0.0675. The average molecular weight is 461 g/mol. The Morgan fingerprint density at radius 2 is 1.17 bits per heavy atom. The van der Waals surface area contributed by atoms with Crippen molar-refractivity contribution < 1.29 is 18.8 Å². The topological polar surface area (TPSA) is 55.8 Å². The summed E-state index contributed by atoms with van der Waals surface area (Å²) in [5, 5.41) is 9.69. The van der Waals surface area contributed by atoms with Crippen molar-refractivity contribution in [2.45, 2.75) is 142 Å². The fraction of sp³-hybridized carbons (Fsp3) is 0.958. The fourth-order valence-corrected chi connectivity index (χ4v) is 5.78. The summed E-state index contributed by atoms with van der Waals surface area (Å²) in [6, 6.07) is 0. The van der Waals surface area contributed by atoms with Gasteiger partial charge in [0.05, 0.1) is 12.5 Å². The first-order valence-electron chi connectivity index (χ1n) is 11.9. The van der Waals surface area contributed by atoms with Crippen molar-refractivity contribution in [2.24, 2.45) is 5.92 Å². The second-order valence-corrected chi connectivity index (χ2v) is 22.0. The number of hydrogen-bond acceptors (Lipinski definition) is 3. The standard InChI is InChI=1S/C24H52O4Si2/c1-19(2)14-13-15-20(27-29(9,10)23(3,4)5)16-17-21(18-22(25)26)28-30(11,12)24(6,7)8/h19-21H,13-18H2,1-12H3,(H,25,26)/t20-,21+/m1/s1. The minimum Gasteiger partial charge on any atom is -0.481 e. The fourth-order valence-electron chi connectivity index (χ4n) is 2.97. The molecule has 0 aliphatic carbocycles. The highest BCUT2D eigenvalue weighted by Gasteiger charge is 2.41. The van der Waals surface area contributed by atoms with Gasteiger partial charge in [-0.2, -0.15) is 0 Å². The van der Waals surface area contributed by atoms with Gasteiger partial charge in [-0.25, -0.2) is 0 Å². The van der Waals surface area contributed by atoms with Crippen LogP contribution in [0, 0.1) is 5.92 Å². The molecule has 0 saturated carbocycles. The number of hydrogen-bond donors (Lipinski definition) is 1. The number of aliphatic carboxylic acids is 1. The molecular formula is C24H52O4Si2. The Morgan fingerprint density at radius 3 is 1.53 bits per heavy atom. The third-order valence-corrected chi connectivity index (χ3v) is 16.1. The second-order valence-electron chi connectivity index (χ2n) is 12.5. The van der Waals surface area contributed by atoms with E-state index in [-0.39, 0.29) is 28.7 Å². The summed E-state index contributed by atoms with van der Waals surface area (Å²) in [6.45, 7) is 27.0. The molecule has 30 heavy (non-hydrogen) atoms. The van der Waals surface area contributed by atoms with Crippen LogP contribution >= 0.6 is 0 Å². The van der Waals surface area contributed by atoms with E-state index in [1.54, 1.807) is 0 Å². The van der Waals surface area contributed by atoms with Crippen LogP contribution in [0.15, 0.2) is 0 Å². The van der Waals surface area contributed by atoms with Gasteiger partial charge in [-0.05, 0) is 61.4 Å². The predicted octanol–water partition coefficient (Wildman–Crippen LogP) is 7.85. The molecule has 0 aromatic carbocycles. The first-order valence-corrected chi connectivity index (χ1v) is 17.7. The quantitative estimate of drug-likeness (QED) is 0.284. The van der Waals surface area contributed by atoms with E-state index >= 15 is 0 Å². The zero-order chi connectivity index (χ0) is 24.0. The maximum atomic E-state index is 11.5. The summed E-state index contributed by atoms with van der Waals surface area (Å²) in [4.78, 5) is 11.5. The molecule has 4 nitrogen and oxygen atoms in total. The van der Waals surface area contributed by atoms with Gasteiger partial charge in [-0.3, -0.25) is 4.79 Å². The van der Waals surface area contributed by atoms with Crippen LogP contribution < -0.4 is 0 Å². The molecule has 0 aliphatic rings. The normalized spacial score (nSPS) is 16.0. The Kier molecular flexibility index (Phi) is 11.6. The zero-order valence-electron chi connectivity index (χ0n) is 22.1. The van der Waals surface area contributed by atoms with Crippen molar-refractivity contribution in [3.8, 4) is 0 Å². The first kappa shape index (κ1) is 29.8. The van der Waals surface area contributed by atoms with Gasteiger partial charge in [0.1, 0.15) is 0 Å². The Hall–Kier alpha value is -0.176. The molecule has 0 spiro atoms. The smallest absolute Gasteiger partial charge is 0.305 e. The molecule has 180 valence electrons. The largest absolute Gasteiger partial charge is 0.481 e. The molecule has 0 radical (unpaired) electrons. The third kappa shape index (κ3) is 10.9. The van der Waals surface area contributed by atoms with Gasteiger partial charge >= 0.3 is 5.97 Å². The second kappa shape index (κ2) is 11.6. The monoisotopic (exact) mass is 460 g/mol. The van der Waals surface area contributed by atoms with E-state index < -0.39 is 22.6 Å². The van der Waals surface area contributed by atoms with E-state index in [4.69, 9.17) is 8.85 Å². The van der Waals surface area contributed by atoms with Gasteiger partial charge in [0, 0.05) is 6.10 Å².